The quantitative estimate of drug-likeness (QED) is 0.454. The number of rotatable bonds is 7. The standard InChI is InChI=1S/C25H28ClF3N4O3S/c1-3-37(35,36)22-7-6-16(26)9-15(22)10-18-20(13-33-8-4-5-17(12-33)30-2)21(25(27,28)29)11-19-23(18)31-14-32-24(19)34/h6-7,9,11,14,17,30H,3-5,8,10,12-13H2,1-2H3,(H,31,32,34)/t17-/m0/s1. The smallest absolute Gasteiger partial charge is 0.316 e. The second-order valence-corrected chi connectivity index (χ2v) is 11.9. The van der Waals surface area contributed by atoms with E-state index in [-0.39, 0.29) is 62.3 Å². The molecular formula is C25H28ClF3N4O3S. The lowest BCUT2D eigenvalue weighted by Crippen LogP contribution is -2.44. The van der Waals surface area contributed by atoms with Crippen molar-refractivity contribution in [2.24, 2.45) is 0 Å². The van der Waals surface area contributed by atoms with E-state index in [2.05, 4.69) is 15.3 Å². The van der Waals surface area contributed by atoms with Crippen LogP contribution in [0.2, 0.25) is 5.02 Å². The van der Waals surface area contributed by atoms with Crippen molar-refractivity contribution in [3.05, 3.63) is 68.2 Å². The summed E-state index contributed by atoms with van der Waals surface area (Å²) in [6.45, 7) is 2.64. The average molecular weight is 557 g/mol. The average Bonchev–Trinajstić information content (AvgIpc) is 2.85. The highest BCUT2D eigenvalue weighted by Crippen LogP contribution is 2.38. The van der Waals surface area contributed by atoms with Crippen LogP contribution >= 0.6 is 11.6 Å². The molecule has 1 aliphatic rings. The van der Waals surface area contributed by atoms with Crippen molar-refractivity contribution in [3.8, 4) is 0 Å². The maximum atomic E-state index is 14.4. The molecule has 0 saturated carbocycles. The number of aromatic nitrogens is 2. The van der Waals surface area contributed by atoms with E-state index in [0.29, 0.717) is 13.1 Å². The lowest BCUT2D eigenvalue weighted by Gasteiger charge is -2.34. The summed E-state index contributed by atoms with van der Waals surface area (Å²) >= 11 is 6.19. The number of H-pyrrole nitrogens is 1. The number of halogens is 4. The minimum atomic E-state index is -4.74. The van der Waals surface area contributed by atoms with Gasteiger partial charge in [-0.05, 0) is 67.4 Å². The number of benzene rings is 2. The Labute approximate surface area is 218 Å². The molecule has 0 amide bonds. The van der Waals surface area contributed by atoms with Gasteiger partial charge >= 0.3 is 6.18 Å². The zero-order valence-electron chi connectivity index (χ0n) is 20.5. The Morgan fingerprint density at radius 3 is 2.68 bits per heavy atom. The molecule has 1 atom stereocenters. The number of sulfone groups is 1. The molecule has 2 aromatic carbocycles. The van der Waals surface area contributed by atoms with Crippen LogP contribution in [0.15, 0.2) is 40.3 Å². The summed E-state index contributed by atoms with van der Waals surface area (Å²) in [5.41, 5.74) is -1.13. The first-order chi connectivity index (χ1) is 17.4. The van der Waals surface area contributed by atoms with Gasteiger partial charge in [0.25, 0.3) is 5.56 Å². The van der Waals surface area contributed by atoms with Crippen molar-refractivity contribution in [3.63, 3.8) is 0 Å². The van der Waals surface area contributed by atoms with Crippen LogP contribution < -0.4 is 10.9 Å². The Bertz CT molecular complexity index is 1470. The van der Waals surface area contributed by atoms with Crippen LogP contribution in [0.3, 0.4) is 0 Å². The van der Waals surface area contributed by atoms with Gasteiger partial charge in [0, 0.05) is 30.6 Å². The van der Waals surface area contributed by atoms with Gasteiger partial charge in [0.1, 0.15) is 0 Å². The van der Waals surface area contributed by atoms with Crippen molar-refractivity contribution in [2.45, 2.75) is 49.8 Å². The largest absolute Gasteiger partial charge is 0.416 e. The van der Waals surface area contributed by atoms with Crippen LogP contribution in [0.1, 0.15) is 42.0 Å². The van der Waals surface area contributed by atoms with E-state index >= 15 is 0 Å². The van der Waals surface area contributed by atoms with E-state index < -0.39 is 27.1 Å². The highest BCUT2D eigenvalue weighted by Gasteiger charge is 2.37. The molecular weight excluding hydrogens is 529 g/mol. The Morgan fingerprint density at radius 2 is 2.00 bits per heavy atom. The SMILES string of the molecule is CCS(=O)(=O)c1ccc(Cl)cc1Cc1c(CN2CCC[C@H](NC)C2)c(C(F)(F)F)cc2c(=O)[nH]cnc12. The highest BCUT2D eigenvalue weighted by atomic mass is 35.5. The lowest BCUT2D eigenvalue weighted by atomic mass is 9.91. The Balaban J connectivity index is 1.98. The van der Waals surface area contributed by atoms with Gasteiger partial charge in [-0.1, -0.05) is 18.5 Å². The zero-order valence-corrected chi connectivity index (χ0v) is 22.0. The first-order valence-corrected chi connectivity index (χ1v) is 14.0. The first kappa shape index (κ1) is 27.6. The van der Waals surface area contributed by atoms with Crippen LogP contribution in [-0.4, -0.2) is 55.2 Å². The molecule has 0 unspecified atom stereocenters. The molecule has 0 spiro atoms. The zero-order chi connectivity index (χ0) is 27.0. The van der Waals surface area contributed by atoms with Crippen molar-refractivity contribution < 1.29 is 21.6 Å². The number of alkyl halides is 3. The first-order valence-electron chi connectivity index (χ1n) is 11.9. The molecule has 3 aromatic rings. The second kappa shape index (κ2) is 10.7. The number of fused-ring (bicyclic) bond motifs is 1. The molecule has 12 heteroatoms. The number of nitrogens with zero attached hydrogens (tertiary/aromatic N) is 2. The third-order valence-corrected chi connectivity index (χ3v) is 8.92. The van der Waals surface area contributed by atoms with E-state index in [4.69, 9.17) is 11.6 Å². The van der Waals surface area contributed by atoms with Crippen LogP contribution in [0.4, 0.5) is 13.2 Å². The van der Waals surface area contributed by atoms with Gasteiger partial charge < -0.3 is 10.3 Å². The lowest BCUT2D eigenvalue weighted by molar-refractivity contribution is -0.138. The van der Waals surface area contributed by atoms with Gasteiger partial charge in [-0.25, -0.2) is 13.4 Å². The number of hydrogen-bond donors (Lipinski definition) is 2. The molecule has 2 heterocycles. The molecule has 7 nitrogen and oxygen atoms in total. The summed E-state index contributed by atoms with van der Waals surface area (Å²) in [6.07, 6.45) is -2.05. The molecule has 0 bridgehead atoms. The summed E-state index contributed by atoms with van der Waals surface area (Å²) in [4.78, 5) is 21.1. The minimum absolute atomic E-state index is 0.00558. The molecule has 1 aliphatic heterocycles. The number of aromatic amines is 1. The predicted molar refractivity (Wildman–Crippen MR) is 137 cm³/mol. The molecule has 4 rings (SSSR count). The topological polar surface area (TPSA) is 95.2 Å². The minimum Gasteiger partial charge on any atom is -0.316 e. The van der Waals surface area contributed by atoms with Crippen molar-refractivity contribution in [2.75, 3.05) is 25.9 Å². The Hall–Kier alpha value is -2.47. The summed E-state index contributed by atoms with van der Waals surface area (Å²) in [7, 11) is -1.88. The molecule has 2 N–H and O–H groups in total. The highest BCUT2D eigenvalue weighted by molar-refractivity contribution is 7.91. The fourth-order valence-corrected chi connectivity index (χ4v) is 6.25. The van der Waals surface area contributed by atoms with Gasteiger partial charge in [-0.15, -0.1) is 0 Å². The molecule has 1 aromatic heterocycles. The summed E-state index contributed by atoms with van der Waals surface area (Å²) in [6, 6.07) is 5.25. The van der Waals surface area contributed by atoms with Crippen molar-refractivity contribution in [1.82, 2.24) is 20.2 Å². The number of piperidine rings is 1. The van der Waals surface area contributed by atoms with Crippen LogP contribution in [0.25, 0.3) is 10.9 Å². The Morgan fingerprint density at radius 1 is 1.24 bits per heavy atom. The third kappa shape index (κ3) is 5.84. The number of hydrogen-bond acceptors (Lipinski definition) is 6. The maximum Gasteiger partial charge on any atom is 0.416 e. The third-order valence-electron chi connectivity index (χ3n) is 6.86. The van der Waals surface area contributed by atoms with Crippen molar-refractivity contribution >= 4 is 32.3 Å². The summed E-state index contributed by atoms with van der Waals surface area (Å²) in [5.74, 6) is -0.186. The van der Waals surface area contributed by atoms with Gasteiger partial charge in [0.15, 0.2) is 9.84 Å². The van der Waals surface area contributed by atoms with Crippen LogP contribution in [-0.2, 0) is 29.0 Å². The van der Waals surface area contributed by atoms with Gasteiger partial charge in [-0.2, -0.15) is 13.2 Å². The molecule has 1 fully saturated rings. The normalized spacial score (nSPS) is 17.4. The van der Waals surface area contributed by atoms with Gasteiger partial charge in [-0.3, -0.25) is 9.69 Å². The fraction of sp³-hybridized carbons (Fsp3) is 0.440. The van der Waals surface area contributed by atoms with Gasteiger partial charge in [0.05, 0.1) is 33.4 Å². The second-order valence-electron chi connectivity index (χ2n) is 9.20. The molecule has 200 valence electrons. The number of likely N-dealkylation sites (tertiary alicyclic amines) is 1. The maximum absolute atomic E-state index is 14.4. The van der Waals surface area contributed by atoms with E-state index in [1.54, 1.807) is 0 Å². The Kier molecular flexibility index (Phi) is 7.99. The van der Waals surface area contributed by atoms with E-state index in [1.807, 2.05) is 11.9 Å². The van der Waals surface area contributed by atoms with Crippen LogP contribution in [0.5, 0.6) is 0 Å². The fourth-order valence-electron chi connectivity index (χ4n) is 4.94. The number of likely N-dealkylation sites (N-methyl/N-ethyl adjacent to an activating group) is 1. The summed E-state index contributed by atoms with van der Waals surface area (Å²) < 4.78 is 69.0. The molecule has 0 aliphatic carbocycles. The van der Waals surface area contributed by atoms with E-state index in [0.717, 1.165) is 25.2 Å². The van der Waals surface area contributed by atoms with Gasteiger partial charge in [0.2, 0.25) is 0 Å². The van der Waals surface area contributed by atoms with Crippen molar-refractivity contribution in [1.29, 1.82) is 0 Å². The van der Waals surface area contributed by atoms with E-state index in [1.165, 1.54) is 25.1 Å². The monoisotopic (exact) mass is 556 g/mol. The van der Waals surface area contributed by atoms with E-state index in [9.17, 15) is 26.4 Å². The summed E-state index contributed by atoms with van der Waals surface area (Å²) in [5, 5.41) is 3.23. The van der Waals surface area contributed by atoms with Crippen LogP contribution in [0, 0.1) is 0 Å². The molecule has 0 radical (unpaired) electrons. The predicted octanol–water partition coefficient (Wildman–Crippen LogP) is 4.16. The number of nitrogens with one attached hydrogen (secondary N) is 2. The molecule has 37 heavy (non-hydrogen) atoms. The molecule has 1 saturated heterocycles.